The number of benzene rings is 2. The van der Waals surface area contributed by atoms with Crippen molar-refractivity contribution in [1.29, 1.82) is 0 Å². The molecule has 0 saturated carbocycles. The van der Waals surface area contributed by atoms with E-state index in [9.17, 15) is 19.8 Å². The van der Waals surface area contributed by atoms with Crippen LogP contribution in [-0.2, 0) is 27.3 Å². The minimum Gasteiger partial charge on any atom is -0.545 e. The third-order valence-corrected chi connectivity index (χ3v) is 2.91. The summed E-state index contributed by atoms with van der Waals surface area (Å²) < 4.78 is 0. The standard InChI is InChI=1S/2C9H10O2.Cd/c2*1-6-3-7(2)5-8(4-6)9(10)11;/h2*3-5H,1-2H3,(H,10,11);/q;;+2/p-2. The molecular weight excluding hydrogens is 393 g/mol. The second-order valence-electron chi connectivity index (χ2n) is 5.33. The van der Waals surface area contributed by atoms with Crippen molar-refractivity contribution >= 4 is 11.9 Å². The first-order valence-corrected chi connectivity index (χ1v) is 6.78. The van der Waals surface area contributed by atoms with Crippen LogP contribution in [0.3, 0.4) is 0 Å². The minimum absolute atomic E-state index is 0. The van der Waals surface area contributed by atoms with Gasteiger partial charge in [0.25, 0.3) is 0 Å². The van der Waals surface area contributed by atoms with Crippen molar-refractivity contribution in [2.75, 3.05) is 0 Å². The summed E-state index contributed by atoms with van der Waals surface area (Å²) in [6, 6.07) is 10.2. The molecule has 2 aromatic carbocycles. The van der Waals surface area contributed by atoms with E-state index in [1.807, 2.05) is 39.8 Å². The Hall–Kier alpha value is -1.70. The summed E-state index contributed by atoms with van der Waals surface area (Å²) in [6.07, 6.45) is 0. The first-order valence-electron chi connectivity index (χ1n) is 6.78. The van der Waals surface area contributed by atoms with Crippen molar-refractivity contribution in [3.05, 3.63) is 69.8 Å². The maximum Gasteiger partial charge on any atom is 2.00 e. The van der Waals surface area contributed by atoms with Gasteiger partial charge in [0.05, 0.1) is 11.9 Å². The predicted octanol–water partition coefficient (Wildman–Crippen LogP) is 1.33. The Kier molecular flexibility index (Phi) is 8.75. The van der Waals surface area contributed by atoms with E-state index >= 15 is 0 Å². The molecule has 0 spiro atoms. The zero-order valence-electron chi connectivity index (χ0n) is 13.8. The Morgan fingerprint density at radius 1 is 0.609 bits per heavy atom. The number of carboxylic acid groups (broad SMARTS) is 2. The van der Waals surface area contributed by atoms with Gasteiger partial charge in [0.15, 0.2) is 0 Å². The summed E-state index contributed by atoms with van der Waals surface area (Å²) in [5.41, 5.74) is 4.30. The number of carboxylic acids is 2. The Labute approximate surface area is 156 Å². The molecule has 2 rings (SSSR count). The quantitative estimate of drug-likeness (QED) is 0.700. The SMILES string of the molecule is Cc1cc(C)cc(C(=O)[O-])c1.Cc1cc(C)cc(C(=O)[O-])c1.[Cd+2]. The third-order valence-electron chi connectivity index (χ3n) is 2.91. The van der Waals surface area contributed by atoms with Crippen LogP contribution in [0, 0.1) is 27.7 Å². The van der Waals surface area contributed by atoms with Crippen LogP contribution in [0.1, 0.15) is 43.0 Å². The number of aromatic carboxylic acids is 2. The van der Waals surface area contributed by atoms with Crippen LogP contribution in [-0.4, -0.2) is 11.9 Å². The van der Waals surface area contributed by atoms with Crippen molar-refractivity contribution in [2.45, 2.75) is 27.7 Å². The van der Waals surface area contributed by atoms with Crippen LogP contribution in [0.4, 0.5) is 0 Å². The van der Waals surface area contributed by atoms with Crippen LogP contribution in [0.25, 0.3) is 0 Å². The summed E-state index contributed by atoms with van der Waals surface area (Å²) in [7, 11) is 0. The maximum atomic E-state index is 10.4. The molecule has 2 aromatic rings. The van der Waals surface area contributed by atoms with Gasteiger partial charge in [-0.15, -0.1) is 0 Å². The Morgan fingerprint density at radius 2 is 0.826 bits per heavy atom. The molecule has 23 heavy (non-hydrogen) atoms. The van der Waals surface area contributed by atoms with Gasteiger partial charge in [0, 0.05) is 0 Å². The average Bonchev–Trinajstić information content (AvgIpc) is 2.37. The second-order valence-corrected chi connectivity index (χ2v) is 5.33. The summed E-state index contributed by atoms with van der Waals surface area (Å²) in [5.74, 6) is -2.23. The van der Waals surface area contributed by atoms with E-state index < -0.39 is 11.9 Å². The fraction of sp³-hybridized carbons (Fsp3) is 0.222. The molecule has 116 valence electrons. The van der Waals surface area contributed by atoms with E-state index in [4.69, 9.17) is 0 Å². The van der Waals surface area contributed by atoms with E-state index in [1.54, 1.807) is 24.3 Å². The largest absolute Gasteiger partial charge is 2.00 e. The molecule has 0 heterocycles. The molecule has 0 aliphatic carbocycles. The smallest absolute Gasteiger partial charge is 0.545 e. The number of carbonyl (C=O) groups is 2. The molecule has 0 atom stereocenters. The van der Waals surface area contributed by atoms with E-state index in [-0.39, 0.29) is 38.4 Å². The van der Waals surface area contributed by atoms with Gasteiger partial charge in [-0.3, -0.25) is 0 Å². The normalized spacial score (nSPS) is 9.22. The van der Waals surface area contributed by atoms with Gasteiger partial charge in [0.2, 0.25) is 0 Å². The van der Waals surface area contributed by atoms with Gasteiger partial charge < -0.3 is 19.8 Å². The Bertz CT molecular complexity index is 606. The van der Waals surface area contributed by atoms with Gasteiger partial charge >= 0.3 is 27.3 Å². The fourth-order valence-electron chi connectivity index (χ4n) is 2.19. The Balaban J connectivity index is 0.000000403. The van der Waals surface area contributed by atoms with Crippen LogP contribution < -0.4 is 10.2 Å². The van der Waals surface area contributed by atoms with E-state index in [2.05, 4.69) is 0 Å². The van der Waals surface area contributed by atoms with E-state index in [0.29, 0.717) is 0 Å². The molecule has 0 amide bonds. The molecule has 5 heteroatoms. The molecule has 4 nitrogen and oxygen atoms in total. The summed E-state index contributed by atoms with van der Waals surface area (Å²) >= 11 is 0. The van der Waals surface area contributed by atoms with Crippen LogP contribution in [0.2, 0.25) is 0 Å². The number of aryl methyl sites for hydroxylation is 4. The first-order chi connectivity index (χ1) is 10.2. The molecule has 0 aliphatic heterocycles. The van der Waals surface area contributed by atoms with Crippen molar-refractivity contribution in [3.63, 3.8) is 0 Å². The number of hydrogen-bond donors (Lipinski definition) is 0. The van der Waals surface area contributed by atoms with Gasteiger partial charge in [-0.25, -0.2) is 0 Å². The van der Waals surface area contributed by atoms with Gasteiger partial charge in [-0.05, 0) is 38.8 Å². The fourth-order valence-corrected chi connectivity index (χ4v) is 2.19. The number of rotatable bonds is 2. The van der Waals surface area contributed by atoms with Crippen molar-refractivity contribution in [1.82, 2.24) is 0 Å². The number of hydrogen-bond acceptors (Lipinski definition) is 4. The van der Waals surface area contributed by atoms with Crippen LogP contribution in [0.15, 0.2) is 36.4 Å². The molecule has 0 radical (unpaired) electrons. The molecular formula is C18H18CdO4. The van der Waals surface area contributed by atoms with Gasteiger partial charge in [0.1, 0.15) is 0 Å². The van der Waals surface area contributed by atoms with Crippen molar-refractivity contribution < 1.29 is 47.1 Å². The zero-order chi connectivity index (χ0) is 16.9. The summed E-state index contributed by atoms with van der Waals surface area (Å²) in [4.78, 5) is 20.8. The Morgan fingerprint density at radius 3 is 1.00 bits per heavy atom. The van der Waals surface area contributed by atoms with Gasteiger partial charge in [-0.1, -0.05) is 58.7 Å². The summed E-state index contributed by atoms with van der Waals surface area (Å²) in [6.45, 7) is 7.44. The van der Waals surface area contributed by atoms with Crippen LogP contribution >= 0.6 is 0 Å². The number of carbonyl (C=O) groups excluding carboxylic acids is 2. The predicted molar refractivity (Wildman–Crippen MR) is 80.5 cm³/mol. The molecule has 0 unspecified atom stereocenters. The second kappa shape index (κ2) is 9.44. The molecule has 0 N–H and O–H groups in total. The molecule has 0 fully saturated rings. The average molecular weight is 411 g/mol. The van der Waals surface area contributed by atoms with E-state index in [0.717, 1.165) is 22.3 Å². The van der Waals surface area contributed by atoms with Crippen LogP contribution in [0.5, 0.6) is 0 Å². The topological polar surface area (TPSA) is 80.3 Å². The molecule has 0 aliphatic rings. The van der Waals surface area contributed by atoms with Crippen molar-refractivity contribution in [2.24, 2.45) is 0 Å². The molecule has 0 aromatic heterocycles. The third kappa shape index (κ3) is 7.41. The molecule has 0 saturated heterocycles. The van der Waals surface area contributed by atoms with E-state index in [1.165, 1.54) is 0 Å². The first kappa shape index (κ1) is 21.3. The zero-order valence-corrected chi connectivity index (χ0v) is 17.8. The molecule has 0 bridgehead atoms. The monoisotopic (exact) mass is 412 g/mol. The minimum atomic E-state index is -1.11. The summed E-state index contributed by atoms with van der Waals surface area (Å²) in [5, 5.41) is 20.8. The van der Waals surface area contributed by atoms with Crippen molar-refractivity contribution in [3.8, 4) is 0 Å². The van der Waals surface area contributed by atoms with Gasteiger partial charge in [-0.2, -0.15) is 0 Å². The maximum absolute atomic E-state index is 10.4.